The monoisotopic (exact) mass is 286 g/mol. The topological polar surface area (TPSA) is 62.1 Å². The van der Waals surface area contributed by atoms with Gasteiger partial charge in [0.15, 0.2) is 6.61 Å². The molecular weight excluding hydrogens is 264 g/mol. The SMILES string of the molecule is Cc1cc(C)cc(OCC(=O)NC2(C#N)CCCCC2)c1. The molecule has 112 valence electrons. The number of ether oxygens (including phenoxy) is 1. The van der Waals surface area contributed by atoms with Crippen LogP contribution in [0.25, 0.3) is 0 Å². The van der Waals surface area contributed by atoms with Gasteiger partial charge in [0.05, 0.1) is 6.07 Å². The average Bonchev–Trinajstić information content (AvgIpc) is 2.45. The zero-order chi connectivity index (χ0) is 15.3. The van der Waals surface area contributed by atoms with E-state index in [0.29, 0.717) is 5.75 Å². The Bertz CT molecular complexity index is 534. The van der Waals surface area contributed by atoms with Gasteiger partial charge < -0.3 is 10.1 Å². The number of aryl methyl sites for hydroxylation is 2. The van der Waals surface area contributed by atoms with E-state index in [1.807, 2.05) is 26.0 Å². The summed E-state index contributed by atoms with van der Waals surface area (Å²) in [5, 5.41) is 12.2. The smallest absolute Gasteiger partial charge is 0.259 e. The van der Waals surface area contributed by atoms with Crippen LogP contribution in [-0.2, 0) is 4.79 Å². The van der Waals surface area contributed by atoms with Crippen molar-refractivity contribution in [3.63, 3.8) is 0 Å². The number of rotatable bonds is 4. The Morgan fingerprint density at radius 1 is 1.24 bits per heavy atom. The molecule has 0 aromatic heterocycles. The molecule has 1 saturated carbocycles. The van der Waals surface area contributed by atoms with E-state index in [1.54, 1.807) is 0 Å². The maximum Gasteiger partial charge on any atom is 0.259 e. The fourth-order valence-electron chi connectivity index (χ4n) is 2.89. The van der Waals surface area contributed by atoms with Gasteiger partial charge in [-0.15, -0.1) is 0 Å². The molecule has 1 aliphatic rings. The van der Waals surface area contributed by atoms with Crippen LogP contribution in [-0.4, -0.2) is 18.1 Å². The van der Waals surface area contributed by atoms with Crippen molar-refractivity contribution in [2.45, 2.75) is 51.5 Å². The van der Waals surface area contributed by atoms with E-state index in [0.717, 1.165) is 43.2 Å². The first-order valence-electron chi connectivity index (χ1n) is 7.46. The third kappa shape index (κ3) is 4.22. The van der Waals surface area contributed by atoms with Gasteiger partial charge in [-0.2, -0.15) is 5.26 Å². The zero-order valence-corrected chi connectivity index (χ0v) is 12.7. The van der Waals surface area contributed by atoms with Crippen molar-refractivity contribution in [3.8, 4) is 11.8 Å². The molecule has 21 heavy (non-hydrogen) atoms. The van der Waals surface area contributed by atoms with Crippen LogP contribution in [0.1, 0.15) is 43.2 Å². The quantitative estimate of drug-likeness (QED) is 0.925. The molecule has 1 aromatic rings. The van der Waals surface area contributed by atoms with Crippen LogP contribution < -0.4 is 10.1 Å². The Kier molecular flexibility index (Phi) is 4.85. The normalized spacial score (nSPS) is 16.8. The summed E-state index contributed by atoms with van der Waals surface area (Å²) in [5.41, 5.74) is 1.51. The van der Waals surface area contributed by atoms with Crippen molar-refractivity contribution in [1.82, 2.24) is 5.32 Å². The Morgan fingerprint density at radius 2 is 1.86 bits per heavy atom. The van der Waals surface area contributed by atoms with Crippen molar-refractivity contribution < 1.29 is 9.53 Å². The van der Waals surface area contributed by atoms with E-state index in [1.165, 1.54) is 0 Å². The Labute approximate surface area is 126 Å². The van der Waals surface area contributed by atoms with E-state index >= 15 is 0 Å². The Hall–Kier alpha value is -2.02. The van der Waals surface area contributed by atoms with E-state index in [9.17, 15) is 10.1 Å². The summed E-state index contributed by atoms with van der Waals surface area (Å²) in [5.74, 6) is 0.468. The fraction of sp³-hybridized carbons (Fsp3) is 0.529. The van der Waals surface area contributed by atoms with Crippen molar-refractivity contribution in [3.05, 3.63) is 29.3 Å². The molecule has 1 N–H and O–H groups in total. The highest BCUT2D eigenvalue weighted by Crippen LogP contribution is 2.27. The second-order valence-electron chi connectivity index (χ2n) is 5.91. The number of nitrogens with zero attached hydrogens (tertiary/aromatic N) is 1. The molecule has 0 radical (unpaired) electrons. The third-order valence-corrected chi connectivity index (χ3v) is 3.86. The van der Waals surface area contributed by atoms with Crippen LogP contribution in [0, 0.1) is 25.2 Å². The number of hydrogen-bond acceptors (Lipinski definition) is 3. The van der Waals surface area contributed by atoms with Gasteiger partial charge in [0.1, 0.15) is 11.3 Å². The lowest BCUT2D eigenvalue weighted by Gasteiger charge is -2.31. The van der Waals surface area contributed by atoms with E-state index in [-0.39, 0.29) is 12.5 Å². The lowest BCUT2D eigenvalue weighted by molar-refractivity contribution is -0.124. The second-order valence-corrected chi connectivity index (χ2v) is 5.91. The molecule has 1 amide bonds. The first-order chi connectivity index (χ1) is 10.0. The molecule has 1 aromatic carbocycles. The zero-order valence-electron chi connectivity index (χ0n) is 12.7. The first kappa shape index (κ1) is 15.4. The summed E-state index contributed by atoms with van der Waals surface area (Å²) < 4.78 is 5.54. The summed E-state index contributed by atoms with van der Waals surface area (Å²) in [6, 6.07) is 8.14. The van der Waals surface area contributed by atoms with Crippen molar-refractivity contribution >= 4 is 5.91 Å². The molecule has 1 fully saturated rings. The molecule has 4 heteroatoms. The number of hydrogen-bond donors (Lipinski definition) is 1. The maximum atomic E-state index is 12.0. The first-order valence-corrected chi connectivity index (χ1v) is 7.46. The van der Waals surface area contributed by atoms with Gasteiger partial charge >= 0.3 is 0 Å². The number of nitrogens with one attached hydrogen (secondary N) is 1. The lowest BCUT2D eigenvalue weighted by Crippen LogP contribution is -2.50. The number of carbonyl (C=O) groups is 1. The largest absolute Gasteiger partial charge is 0.484 e. The molecule has 0 heterocycles. The van der Waals surface area contributed by atoms with Gasteiger partial charge in [-0.05, 0) is 49.9 Å². The van der Waals surface area contributed by atoms with Crippen LogP contribution in [0.2, 0.25) is 0 Å². The minimum Gasteiger partial charge on any atom is -0.484 e. The van der Waals surface area contributed by atoms with E-state index in [4.69, 9.17) is 4.74 Å². The summed E-state index contributed by atoms with van der Waals surface area (Å²) in [4.78, 5) is 12.0. The minimum atomic E-state index is -0.693. The molecule has 0 spiro atoms. The highest BCUT2D eigenvalue weighted by Gasteiger charge is 2.33. The van der Waals surface area contributed by atoms with E-state index < -0.39 is 5.54 Å². The minimum absolute atomic E-state index is 0.0493. The lowest BCUT2D eigenvalue weighted by atomic mass is 9.83. The molecule has 1 aliphatic carbocycles. The molecular formula is C17H22N2O2. The van der Waals surface area contributed by atoms with Gasteiger partial charge in [0.2, 0.25) is 0 Å². The van der Waals surface area contributed by atoms with Gasteiger partial charge in [0, 0.05) is 0 Å². The van der Waals surface area contributed by atoms with Crippen molar-refractivity contribution in [1.29, 1.82) is 5.26 Å². The van der Waals surface area contributed by atoms with Crippen LogP contribution in [0.3, 0.4) is 0 Å². The van der Waals surface area contributed by atoms with E-state index in [2.05, 4.69) is 17.5 Å². The Morgan fingerprint density at radius 3 is 2.43 bits per heavy atom. The summed E-state index contributed by atoms with van der Waals surface area (Å²) >= 11 is 0. The highest BCUT2D eigenvalue weighted by atomic mass is 16.5. The molecule has 4 nitrogen and oxygen atoms in total. The highest BCUT2D eigenvalue weighted by molar-refractivity contribution is 5.78. The van der Waals surface area contributed by atoms with Crippen LogP contribution in [0.15, 0.2) is 18.2 Å². The van der Waals surface area contributed by atoms with Crippen LogP contribution in [0.4, 0.5) is 0 Å². The van der Waals surface area contributed by atoms with Crippen molar-refractivity contribution in [2.75, 3.05) is 6.61 Å². The molecule has 0 unspecified atom stereocenters. The fourth-order valence-corrected chi connectivity index (χ4v) is 2.89. The summed E-state index contributed by atoms with van der Waals surface area (Å²) in [6.45, 7) is 3.94. The predicted molar refractivity (Wildman–Crippen MR) is 81.0 cm³/mol. The average molecular weight is 286 g/mol. The third-order valence-electron chi connectivity index (χ3n) is 3.86. The van der Waals surface area contributed by atoms with Crippen LogP contribution in [0.5, 0.6) is 5.75 Å². The van der Waals surface area contributed by atoms with Gasteiger partial charge in [-0.25, -0.2) is 0 Å². The summed E-state index contributed by atoms with van der Waals surface area (Å²) in [7, 11) is 0. The standard InChI is InChI=1S/C17H22N2O2/c1-13-8-14(2)10-15(9-13)21-11-16(20)19-17(12-18)6-4-3-5-7-17/h8-10H,3-7,11H2,1-2H3,(H,19,20). The predicted octanol–water partition coefficient (Wildman–Crippen LogP) is 3.02. The van der Waals surface area contributed by atoms with Gasteiger partial charge in [-0.3, -0.25) is 4.79 Å². The number of carbonyl (C=O) groups excluding carboxylic acids is 1. The maximum absolute atomic E-state index is 12.0. The molecule has 0 saturated heterocycles. The van der Waals surface area contributed by atoms with Crippen molar-refractivity contribution in [2.24, 2.45) is 0 Å². The number of benzene rings is 1. The second kappa shape index (κ2) is 6.62. The van der Waals surface area contributed by atoms with Gasteiger partial charge in [-0.1, -0.05) is 25.3 Å². The molecule has 0 aliphatic heterocycles. The number of nitriles is 1. The number of amides is 1. The Balaban J connectivity index is 1.91. The van der Waals surface area contributed by atoms with Crippen LogP contribution >= 0.6 is 0 Å². The molecule has 0 bridgehead atoms. The molecule has 2 rings (SSSR count). The molecule has 0 atom stereocenters. The summed E-state index contributed by atoms with van der Waals surface area (Å²) in [6.07, 6.45) is 4.59. The van der Waals surface area contributed by atoms with Gasteiger partial charge in [0.25, 0.3) is 5.91 Å².